The predicted octanol–water partition coefficient (Wildman–Crippen LogP) is 3.59. The minimum Gasteiger partial charge on any atom is -0.367 e. The fourth-order valence-electron chi connectivity index (χ4n) is 5.33. The van der Waals surface area contributed by atoms with Crippen molar-refractivity contribution in [3.63, 3.8) is 0 Å². The van der Waals surface area contributed by atoms with Gasteiger partial charge in [-0.1, -0.05) is 6.92 Å². The molecule has 3 saturated heterocycles. The molecular weight excluding hydrogens is 373 g/mol. The van der Waals surface area contributed by atoms with Crippen molar-refractivity contribution in [1.82, 2.24) is 0 Å². The maximum Gasteiger partial charge on any atom is 0.418 e. The molecule has 0 spiro atoms. The summed E-state index contributed by atoms with van der Waals surface area (Å²) in [6.07, 6.45) is -3.59. The number of hydrogen-bond donors (Lipinski definition) is 0. The summed E-state index contributed by atoms with van der Waals surface area (Å²) in [5.41, 5.74) is -3.46. The summed E-state index contributed by atoms with van der Waals surface area (Å²) >= 11 is 0. The maximum absolute atomic E-state index is 13.7. The number of nitrogens with zero attached hydrogens (tertiary/aromatic N) is 2. The van der Waals surface area contributed by atoms with Crippen molar-refractivity contribution in [3.05, 3.63) is 28.8 Å². The van der Waals surface area contributed by atoms with Crippen LogP contribution in [0.3, 0.4) is 0 Å². The zero-order valence-corrected chi connectivity index (χ0v) is 15.7. The molecule has 0 saturated carbocycles. The van der Waals surface area contributed by atoms with E-state index in [0.29, 0.717) is 12.8 Å². The molecule has 4 rings (SSSR count). The Morgan fingerprint density at radius 2 is 1.71 bits per heavy atom. The molecule has 148 valence electrons. The number of halogens is 3. The molecule has 0 aliphatic carbocycles. The van der Waals surface area contributed by atoms with Crippen LogP contribution in [0.2, 0.25) is 0 Å². The lowest BCUT2D eigenvalue weighted by atomic mass is 9.69. The van der Waals surface area contributed by atoms with E-state index in [2.05, 4.69) is 0 Å². The Balaban J connectivity index is 1.89. The van der Waals surface area contributed by atoms with Gasteiger partial charge in [0.15, 0.2) is 0 Å². The Hall–Kier alpha value is -2.40. The topological polar surface area (TPSA) is 70.4 Å². The summed E-state index contributed by atoms with van der Waals surface area (Å²) in [6, 6.07) is 3.87. The average Bonchev–Trinajstić information content (AvgIpc) is 3.16. The van der Waals surface area contributed by atoms with E-state index in [0.717, 1.165) is 11.0 Å². The molecule has 8 heteroatoms. The van der Waals surface area contributed by atoms with E-state index in [4.69, 9.17) is 10.00 Å². The lowest BCUT2D eigenvalue weighted by Crippen LogP contribution is -2.40. The number of amides is 2. The van der Waals surface area contributed by atoms with Gasteiger partial charge in [0.25, 0.3) is 0 Å². The lowest BCUT2D eigenvalue weighted by molar-refractivity contribution is -0.138. The van der Waals surface area contributed by atoms with Crippen LogP contribution in [0, 0.1) is 23.2 Å². The second-order valence-corrected chi connectivity index (χ2v) is 8.14. The van der Waals surface area contributed by atoms with Crippen molar-refractivity contribution >= 4 is 17.5 Å². The SMILES string of the molecule is CCc1c(N2C(=O)[C@@H]3[C@H](C2=O)[C@@]2(C)CC[C@]3(C)O2)ccc(C#N)c1C(F)(F)F. The third kappa shape index (κ3) is 2.23. The second kappa shape index (κ2) is 5.57. The number of alkyl halides is 3. The van der Waals surface area contributed by atoms with Gasteiger partial charge in [-0.3, -0.25) is 9.59 Å². The van der Waals surface area contributed by atoms with E-state index < -0.39 is 52.2 Å². The highest BCUT2D eigenvalue weighted by molar-refractivity contribution is 6.23. The minimum absolute atomic E-state index is 0.0723. The highest BCUT2D eigenvalue weighted by Gasteiger charge is 2.72. The van der Waals surface area contributed by atoms with Crippen molar-refractivity contribution < 1.29 is 27.5 Å². The van der Waals surface area contributed by atoms with Gasteiger partial charge in [0.1, 0.15) is 0 Å². The first-order chi connectivity index (χ1) is 13.0. The first-order valence-electron chi connectivity index (χ1n) is 9.19. The summed E-state index contributed by atoms with van der Waals surface area (Å²) in [4.78, 5) is 27.3. The van der Waals surface area contributed by atoms with E-state index in [1.807, 2.05) is 0 Å². The Morgan fingerprint density at radius 3 is 2.14 bits per heavy atom. The number of ether oxygens (including phenoxy) is 1. The van der Waals surface area contributed by atoms with Crippen LogP contribution in [0.1, 0.15) is 50.3 Å². The molecule has 3 fully saturated rings. The molecule has 3 aliphatic rings. The van der Waals surface area contributed by atoms with Crippen molar-refractivity contribution in [2.75, 3.05) is 4.90 Å². The molecule has 3 aliphatic heterocycles. The number of carbonyl (C=O) groups is 2. The number of anilines is 1. The Morgan fingerprint density at radius 1 is 1.18 bits per heavy atom. The standard InChI is InChI=1S/C20H19F3N2O3/c1-4-11-12(6-5-10(9-24)13(11)20(21,22)23)25-16(26)14-15(17(25)27)19(3)8-7-18(14,2)28-19/h5-6,14-15H,4,7-8H2,1-3H3/t14-,15+,18-,19+. The smallest absolute Gasteiger partial charge is 0.367 e. The van der Waals surface area contributed by atoms with Gasteiger partial charge in [-0.05, 0) is 50.8 Å². The summed E-state index contributed by atoms with van der Waals surface area (Å²) in [6.45, 7) is 5.09. The molecule has 2 amide bonds. The summed E-state index contributed by atoms with van der Waals surface area (Å²) in [7, 11) is 0. The molecule has 1 aromatic rings. The average molecular weight is 392 g/mol. The predicted molar refractivity (Wildman–Crippen MR) is 92.1 cm³/mol. The molecule has 28 heavy (non-hydrogen) atoms. The minimum atomic E-state index is -4.77. The van der Waals surface area contributed by atoms with Gasteiger partial charge >= 0.3 is 6.18 Å². The summed E-state index contributed by atoms with van der Waals surface area (Å²) in [5.74, 6) is -2.44. The number of nitriles is 1. The zero-order chi connectivity index (χ0) is 20.6. The van der Waals surface area contributed by atoms with Crippen LogP contribution >= 0.6 is 0 Å². The molecule has 0 aromatic heterocycles. The van der Waals surface area contributed by atoms with Crippen molar-refractivity contribution in [3.8, 4) is 6.07 Å². The zero-order valence-electron chi connectivity index (χ0n) is 15.7. The van der Waals surface area contributed by atoms with Gasteiger partial charge in [0, 0.05) is 0 Å². The molecule has 5 nitrogen and oxygen atoms in total. The molecule has 0 N–H and O–H groups in total. The molecular formula is C20H19F3N2O3. The largest absolute Gasteiger partial charge is 0.418 e. The number of benzene rings is 1. The third-order valence-corrected chi connectivity index (χ3v) is 6.49. The summed E-state index contributed by atoms with van der Waals surface area (Å²) in [5, 5.41) is 9.12. The number of fused-ring (bicyclic) bond motifs is 5. The molecule has 0 unspecified atom stereocenters. The van der Waals surface area contributed by atoms with Crippen LogP contribution < -0.4 is 4.90 Å². The molecule has 1 aromatic carbocycles. The third-order valence-electron chi connectivity index (χ3n) is 6.49. The molecule has 0 radical (unpaired) electrons. The van der Waals surface area contributed by atoms with E-state index >= 15 is 0 Å². The Kier molecular flexibility index (Phi) is 3.77. The highest BCUT2D eigenvalue weighted by Crippen LogP contribution is 2.61. The number of rotatable bonds is 2. The fraction of sp³-hybridized carbons (Fsp3) is 0.550. The van der Waals surface area contributed by atoms with E-state index in [1.54, 1.807) is 19.9 Å². The quantitative estimate of drug-likeness (QED) is 0.722. The van der Waals surface area contributed by atoms with Crippen LogP contribution in [-0.4, -0.2) is 23.0 Å². The molecule has 2 bridgehead atoms. The maximum atomic E-state index is 13.7. The van der Waals surface area contributed by atoms with Crippen LogP contribution in [0.4, 0.5) is 18.9 Å². The Labute approximate surface area is 160 Å². The van der Waals surface area contributed by atoms with Crippen LogP contribution in [0.5, 0.6) is 0 Å². The number of carbonyl (C=O) groups excluding carboxylic acids is 2. The van der Waals surface area contributed by atoms with Gasteiger partial charge in [-0.25, -0.2) is 4.90 Å². The monoisotopic (exact) mass is 392 g/mol. The van der Waals surface area contributed by atoms with Crippen LogP contribution in [0.25, 0.3) is 0 Å². The summed E-state index contributed by atoms with van der Waals surface area (Å²) < 4.78 is 47.0. The normalized spacial score (nSPS) is 34.1. The lowest BCUT2D eigenvalue weighted by Gasteiger charge is -2.27. The first kappa shape index (κ1) is 18.9. The number of hydrogen-bond acceptors (Lipinski definition) is 4. The van der Waals surface area contributed by atoms with Gasteiger partial charge < -0.3 is 4.74 Å². The van der Waals surface area contributed by atoms with Crippen LogP contribution in [-0.2, 0) is 26.9 Å². The number of imide groups is 1. The van der Waals surface area contributed by atoms with E-state index in [1.165, 1.54) is 13.0 Å². The van der Waals surface area contributed by atoms with Gasteiger partial charge in [0.2, 0.25) is 11.8 Å². The van der Waals surface area contributed by atoms with Gasteiger partial charge in [-0.15, -0.1) is 0 Å². The van der Waals surface area contributed by atoms with Gasteiger partial charge in [0.05, 0.1) is 45.9 Å². The Bertz CT molecular complexity index is 917. The van der Waals surface area contributed by atoms with E-state index in [9.17, 15) is 22.8 Å². The molecule has 3 heterocycles. The van der Waals surface area contributed by atoms with Crippen LogP contribution in [0.15, 0.2) is 12.1 Å². The first-order valence-corrected chi connectivity index (χ1v) is 9.19. The van der Waals surface area contributed by atoms with Crippen molar-refractivity contribution in [2.24, 2.45) is 11.8 Å². The van der Waals surface area contributed by atoms with Crippen molar-refractivity contribution in [2.45, 2.75) is 57.4 Å². The second-order valence-electron chi connectivity index (χ2n) is 8.14. The highest BCUT2D eigenvalue weighted by atomic mass is 19.4. The van der Waals surface area contributed by atoms with Crippen molar-refractivity contribution in [1.29, 1.82) is 5.26 Å². The van der Waals surface area contributed by atoms with Gasteiger partial charge in [-0.2, -0.15) is 18.4 Å². The fourth-order valence-corrected chi connectivity index (χ4v) is 5.33. The van der Waals surface area contributed by atoms with E-state index in [-0.39, 0.29) is 17.7 Å². The molecule has 4 atom stereocenters.